The summed E-state index contributed by atoms with van der Waals surface area (Å²) in [6.45, 7) is 3.40. The van der Waals surface area contributed by atoms with Crippen LogP contribution in [0.4, 0.5) is 4.39 Å². The third kappa shape index (κ3) is 4.23. The van der Waals surface area contributed by atoms with E-state index < -0.39 is 11.9 Å². The molecule has 0 radical (unpaired) electrons. The van der Waals surface area contributed by atoms with Crippen molar-refractivity contribution in [2.75, 3.05) is 26.7 Å². The fraction of sp³-hybridized carbons (Fsp3) is 0.333. The number of hydrogen-bond donors (Lipinski definition) is 2. The van der Waals surface area contributed by atoms with Crippen molar-refractivity contribution in [1.29, 1.82) is 0 Å². The van der Waals surface area contributed by atoms with Gasteiger partial charge in [0.25, 0.3) is 5.91 Å². The molecule has 2 aromatic rings. The minimum atomic E-state index is -0.792. The number of carbonyl (C=O) groups is 2. The van der Waals surface area contributed by atoms with Crippen LogP contribution in [0.1, 0.15) is 29.0 Å². The van der Waals surface area contributed by atoms with Crippen molar-refractivity contribution in [1.82, 2.24) is 25.5 Å². The van der Waals surface area contributed by atoms with E-state index in [0.29, 0.717) is 30.9 Å². The molecule has 27 heavy (non-hydrogen) atoms. The Hall–Kier alpha value is -2.58. The van der Waals surface area contributed by atoms with Crippen molar-refractivity contribution in [3.8, 4) is 11.3 Å². The second-order valence-electron chi connectivity index (χ2n) is 6.18. The molecule has 9 heteroatoms. The highest BCUT2D eigenvalue weighted by Crippen LogP contribution is 2.29. The van der Waals surface area contributed by atoms with Crippen molar-refractivity contribution in [3.63, 3.8) is 0 Å². The Balaban J connectivity index is 2.05. The van der Waals surface area contributed by atoms with E-state index in [1.807, 2.05) is 0 Å². The minimum absolute atomic E-state index is 0.0344. The van der Waals surface area contributed by atoms with E-state index in [1.54, 1.807) is 17.0 Å². The number of amides is 2. The first-order valence-corrected chi connectivity index (χ1v) is 8.82. The smallest absolute Gasteiger partial charge is 0.269 e. The molecule has 1 fully saturated rings. The lowest BCUT2D eigenvalue weighted by atomic mass is 10.0. The summed E-state index contributed by atoms with van der Waals surface area (Å²) >= 11 is 6.19. The highest BCUT2D eigenvalue weighted by molar-refractivity contribution is 6.29. The van der Waals surface area contributed by atoms with Crippen molar-refractivity contribution in [2.24, 2.45) is 0 Å². The highest BCUT2D eigenvalue weighted by Gasteiger charge is 2.26. The van der Waals surface area contributed by atoms with E-state index >= 15 is 0 Å². The Morgan fingerprint density at radius 3 is 2.78 bits per heavy atom. The predicted molar refractivity (Wildman–Crippen MR) is 98.8 cm³/mol. The van der Waals surface area contributed by atoms with E-state index in [-0.39, 0.29) is 22.8 Å². The lowest BCUT2D eigenvalue weighted by Gasteiger charge is -2.36. The number of nitrogens with one attached hydrogen (secondary N) is 2. The van der Waals surface area contributed by atoms with Gasteiger partial charge in [0.05, 0.1) is 11.7 Å². The van der Waals surface area contributed by atoms with E-state index in [1.165, 1.54) is 26.1 Å². The molecule has 2 amide bonds. The van der Waals surface area contributed by atoms with Gasteiger partial charge in [-0.25, -0.2) is 9.97 Å². The van der Waals surface area contributed by atoms with Crippen LogP contribution in [0.25, 0.3) is 11.3 Å². The number of nitrogens with zero attached hydrogens (tertiary/aromatic N) is 3. The van der Waals surface area contributed by atoms with Crippen LogP contribution in [0.15, 0.2) is 24.3 Å². The summed E-state index contributed by atoms with van der Waals surface area (Å²) in [4.78, 5) is 33.4. The molecule has 142 valence electrons. The van der Waals surface area contributed by atoms with Crippen molar-refractivity contribution in [2.45, 2.75) is 13.0 Å². The quantitative estimate of drug-likeness (QED) is 0.779. The van der Waals surface area contributed by atoms with Gasteiger partial charge in [0.15, 0.2) is 0 Å². The van der Waals surface area contributed by atoms with Gasteiger partial charge in [-0.15, -0.1) is 0 Å². The van der Waals surface area contributed by atoms with Crippen LogP contribution in [-0.4, -0.2) is 53.4 Å². The maximum absolute atomic E-state index is 13.9. The first-order valence-electron chi connectivity index (χ1n) is 8.44. The molecule has 3 heterocycles. The largest absolute Gasteiger partial charge is 0.354 e. The summed E-state index contributed by atoms with van der Waals surface area (Å²) < 4.78 is 13.9. The van der Waals surface area contributed by atoms with E-state index in [2.05, 4.69) is 20.6 Å². The molecule has 1 aliphatic heterocycles. The number of rotatable bonds is 3. The van der Waals surface area contributed by atoms with Gasteiger partial charge >= 0.3 is 0 Å². The van der Waals surface area contributed by atoms with Crippen LogP contribution in [0, 0.1) is 5.95 Å². The second-order valence-corrected chi connectivity index (χ2v) is 6.57. The van der Waals surface area contributed by atoms with Crippen molar-refractivity contribution < 1.29 is 14.0 Å². The molecule has 0 aliphatic carbocycles. The lowest BCUT2D eigenvalue weighted by molar-refractivity contribution is -0.132. The molecule has 1 atom stereocenters. The topological polar surface area (TPSA) is 87.2 Å². The van der Waals surface area contributed by atoms with Crippen LogP contribution < -0.4 is 10.6 Å². The average molecular weight is 392 g/mol. The van der Waals surface area contributed by atoms with Gasteiger partial charge in [0.1, 0.15) is 10.8 Å². The second kappa shape index (κ2) is 7.98. The van der Waals surface area contributed by atoms with Crippen LogP contribution in [0.3, 0.4) is 0 Å². The van der Waals surface area contributed by atoms with E-state index in [0.717, 1.165) is 5.56 Å². The van der Waals surface area contributed by atoms with Gasteiger partial charge in [-0.3, -0.25) is 9.59 Å². The van der Waals surface area contributed by atoms with Crippen LogP contribution >= 0.6 is 11.6 Å². The molecule has 1 aliphatic rings. The summed E-state index contributed by atoms with van der Waals surface area (Å²) in [6.07, 6.45) is 0. The van der Waals surface area contributed by atoms with Gasteiger partial charge in [-0.1, -0.05) is 11.6 Å². The Kier molecular flexibility index (Phi) is 5.67. The normalized spacial score (nSPS) is 16.9. The van der Waals surface area contributed by atoms with Crippen LogP contribution in [0.5, 0.6) is 0 Å². The molecule has 2 N–H and O–H groups in total. The third-order valence-corrected chi connectivity index (χ3v) is 4.59. The SMILES string of the molecule is CNC(=O)c1cc(-c2cc([C@@H]3CNCCN3C(C)=O)cc(Cl)n2)cc(F)n1. The third-order valence-electron chi connectivity index (χ3n) is 4.40. The van der Waals surface area contributed by atoms with Crippen LogP contribution in [-0.2, 0) is 4.79 Å². The molecule has 0 unspecified atom stereocenters. The average Bonchev–Trinajstić information content (AvgIpc) is 2.66. The van der Waals surface area contributed by atoms with Gasteiger partial charge in [0, 0.05) is 45.2 Å². The van der Waals surface area contributed by atoms with Crippen LogP contribution in [0.2, 0.25) is 5.15 Å². The molecular formula is C18H19ClFN5O2. The molecule has 0 bridgehead atoms. The molecule has 0 saturated carbocycles. The zero-order valence-electron chi connectivity index (χ0n) is 14.9. The highest BCUT2D eigenvalue weighted by atomic mass is 35.5. The summed E-state index contributed by atoms with van der Waals surface area (Å²) in [6, 6.07) is 5.88. The summed E-state index contributed by atoms with van der Waals surface area (Å²) in [5.74, 6) is -1.33. The Labute approximate surface area is 160 Å². The number of pyridine rings is 2. The Morgan fingerprint density at radius 1 is 1.30 bits per heavy atom. The van der Waals surface area contributed by atoms with Gasteiger partial charge in [-0.2, -0.15) is 4.39 Å². The van der Waals surface area contributed by atoms with Crippen molar-refractivity contribution >= 4 is 23.4 Å². The summed E-state index contributed by atoms with van der Waals surface area (Å²) in [5, 5.41) is 5.89. The molecular weight excluding hydrogens is 373 g/mol. The maximum atomic E-state index is 13.9. The number of hydrogen-bond acceptors (Lipinski definition) is 5. The first-order chi connectivity index (χ1) is 12.9. The van der Waals surface area contributed by atoms with Gasteiger partial charge < -0.3 is 15.5 Å². The minimum Gasteiger partial charge on any atom is -0.354 e. The van der Waals surface area contributed by atoms with Gasteiger partial charge in [0.2, 0.25) is 11.9 Å². The first kappa shape index (κ1) is 19.2. The van der Waals surface area contributed by atoms with E-state index in [4.69, 9.17) is 11.6 Å². The van der Waals surface area contributed by atoms with Crippen molar-refractivity contribution in [3.05, 3.63) is 46.6 Å². The Morgan fingerprint density at radius 2 is 2.07 bits per heavy atom. The van der Waals surface area contributed by atoms with Gasteiger partial charge in [-0.05, 0) is 23.8 Å². The Bertz CT molecular complexity index is 892. The molecule has 0 aromatic carbocycles. The zero-order chi connectivity index (χ0) is 19.6. The monoisotopic (exact) mass is 391 g/mol. The maximum Gasteiger partial charge on any atom is 0.269 e. The molecule has 3 rings (SSSR count). The number of halogens is 2. The standard InChI is InChI=1S/C18H19ClFN5O2/c1-10(26)25-4-3-22-9-15(25)12-6-13(23-16(19)7-12)11-5-14(18(27)21-2)24-17(20)8-11/h5-8,15,22H,3-4,9H2,1-2H3,(H,21,27)/t15-/m0/s1. The van der Waals surface area contributed by atoms with E-state index in [9.17, 15) is 14.0 Å². The zero-order valence-corrected chi connectivity index (χ0v) is 15.7. The molecule has 2 aromatic heterocycles. The molecule has 1 saturated heterocycles. The fourth-order valence-electron chi connectivity index (χ4n) is 3.13. The summed E-state index contributed by atoms with van der Waals surface area (Å²) in [7, 11) is 1.44. The lowest BCUT2D eigenvalue weighted by Crippen LogP contribution is -2.47. The molecule has 7 nitrogen and oxygen atoms in total. The fourth-order valence-corrected chi connectivity index (χ4v) is 3.34. The number of aromatic nitrogens is 2. The molecule has 0 spiro atoms. The summed E-state index contributed by atoms with van der Waals surface area (Å²) in [5.41, 5.74) is 1.51. The number of carbonyl (C=O) groups excluding carboxylic acids is 2. The number of piperazine rings is 1. The predicted octanol–water partition coefficient (Wildman–Crippen LogP) is 1.79.